The summed E-state index contributed by atoms with van der Waals surface area (Å²) >= 11 is 6.48. The standard InChI is InChI=1S/C13H11Br2N3O3/c1-7(2)13-16-10(14)6-11(17-13)21-9-5-3-4-8(12(9)15)18(19)20/h3-7H,1-2H3. The van der Waals surface area contributed by atoms with Crippen LogP contribution in [0.4, 0.5) is 5.69 Å². The lowest BCUT2D eigenvalue weighted by Crippen LogP contribution is -2.00. The second kappa shape index (κ2) is 6.48. The minimum absolute atomic E-state index is 0.0651. The van der Waals surface area contributed by atoms with Gasteiger partial charge in [0.05, 0.1) is 4.92 Å². The number of rotatable bonds is 4. The van der Waals surface area contributed by atoms with Gasteiger partial charge >= 0.3 is 0 Å². The number of nitro benzene ring substituents is 1. The normalized spacial score (nSPS) is 10.7. The number of hydrogen-bond acceptors (Lipinski definition) is 5. The van der Waals surface area contributed by atoms with E-state index in [2.05, 4.69) is 41.8 Å². The quantitative estimate of drug-likeness (QED) is 0.405. The van der Waals surface area contributed by atoms with Crippen molar-refractivity contribution in [3.63, 3.8) is 0 Å². The molecule has 0 saturated carbocycles. The highest BCUT2D eigenvalue weighted by Crippen LogP contribution is 2.36. The van der Waals surface area contributed by atoms with Crippen molar-refractivity contribution in [2.24, 2.45) is 0 Å². The molecule has 0 spiro atoms. The molecular formula is C13H11Br2N3O3. The summed E-state index contributed by atoms with van der Waals surface area (Å²) in [5, 5.41) is 10.9. The van der Waals surface area contributed by atoms with Crippen LogP contribution in [0.3, 0.4) is 0 Å². The van der Waals surface area contributed by atoms with Gasteiger partial charge in [-0.15, -0.1) is 0 Å². The fourth-order valence-electron chi connectivity index (χ4n) is 1.56. The predicted molar refractivity (Wildman–Crippen MR) is 84.7 cm³/mol. The van der Waals surface area contributed by atoms with Crippen LogP contribution in [0.2, 0.25) is 0 Å². The van der Waals surface area contributed by atoms with Crippen molar-refractivity contribution >= 4 is 37.5 Å². The number of ether oxygens (including phenoxy) is 1. The Labute approximate surface area is 138 Å². The molecule has 0 aliphatic rings. The molecule has 2 aromatic rings. The van der Waals surface area contributed by atoms with Gasteiger partial charge in [-0.25, -0.2) is 4.98 Å². The third kappa shape index (κ3) is 3.76. The van der Waals surface area contributed by atoms with Crippen LogP contribution in [-0.4, -0.2) is 14.9 Å². The number of benzene rings is 1. The molecule has 2 rings (SSSR count). The van der Waals surface area contributed by atoms with Crippen molar-refractivity contribution in [2.75, 3.05) is 0 Å². The van der Waals surface area contributed by atoms with Gasteiger partial charge in [-0.3, -0.25) is 10.1 Å². The molecule has 21 heavy (non-hydrogen) atoms. The van der Waals surface area contributed by atoms with E-state index in [-0.39, 0.29) is 16.1 Å². The summed E-state index contributed by atoms with van der Waals surface area (Å²) in [4.78, 5) is 19.0. The fourth-order valence-corrected chi connectivity index (χ4v) is 2.42. The van der Waals surface area contributed by atoms with Crippen molar-refractivity contribution in [1.29, 1.82) is 0 Å². The second-order valence-corrected chi connectivity index (χ2v) is 6.10. The van der Waals surface area contributed by atoms with E-state index in [0.717, 1.165) is 0 Å². The second-order valence-electron chi connectivity index (χ2n) is 4.49. The van der Waals surface area contributed by atoms with Crippen molar-refractivity contribution in [3.05, 3.63) is 49.3 Å². The van der Waals surface area contributed by atoms with E-state index in [1.54, 1.807) is 18.2 Å². The molecule has 0 bridgehead atoms. The number of aromatic nitrogens is 2. The number of hydrogen-bond donors (Lipinski definition) is 0. The lowest BCUT2D eigenvalue weighted by atomic mass is 10.2. The van der Waals surface area contributed by atoms with Gasteiger partial charge in [0.1, 0.15) is 14.9 Å². The van der Waals surface area contributed by atoms with Gasteiger partial charge in [-0.2, -0.15) is 4.98 Å². The summed E-state index contributed by atoms with van der Waals surface area (Å²) in [5.41, 5.74) is -0.0651. The molecule has 0 aliphatic carbocycles. The number of nitrogens with zero attached hydrogens (tertiary/aromatic N) is 3. The summed E-state index contributed by atoms with van der Waals surface area (Å²) in [6.07, 6.45) is 0. The Morgan fingerprint density at radius 2 is 2.00 bits per heavy atom. The molecule has 8 heteroatoms. The molecule has 1 aromatic heterocycles. The molecule has 0 unspecified atom stereocenters. The molecule has 6 nitrogen and oxygen atoms in total. The van der Waals surface area contributed by atoms with Crippen LogP contribution in [0.25, 0.3) is 0 Å². The van der Waals surface area contributed by atoms with Crippen LogP contribution >= 0.6 is 31.9 Å². The van der Waals surface area contributed by atoms with Gasteiger partial charge < -0.3 is 4.74 Å². The molecule has 0 atom stereocenters. The summed E-state index contributed by atoms with van der Waals surface area (Å²) in [7, 11) is 0. The maximum absolute atomic E-state index is 10.9. The molecule has 0 radical (unpaired) electrons. The highest BCUT2D eigenvalue weighted by atomic mass is 79.9. The van der Waals surface area contributed by atoms with Crippen molar-refractivity contribution in [1.82, 2.24) is 9.97 Å². The van der Waals surface area contributed by atoms with Crippen molar-refractivity contribution < 1.29 is 9.66 Å². The van der Waals surface area contributed by atoms with Crippen LogP contribution in [0.5, 0.6) is 11.6 Å². The molecule has 0 N–H and O–H groups in total. The zero-order chi connectivity index (χ0) is 15.6. The average molecular weight is 417 g/mol. The van der Waals surface area contributed by atoms with Crippen LogP contribution in [0.1, 0.15) is 25.6 Å². The molecule has 0 saturated heterocycles. The Hall–Kier alpha value is -1.54. The Balaban J connectivity index is 2.39. The lowest BCUT2D eigenvalue weighted by molar-refractivity contribution is -0.385. The van der Waals surface area contributed by atoms with E-state index in [1.807, 2.05) is 13.8 Å². The Bertz CT molecular complexity index is 692. The third-order valence-corrected chi connectivity index (χ3v) is 3.76. The van der Waals surface area contributed by atoms with E-state index in [9.17, 15) is 10.1 Å². The Kier molecular flexibility index (Phi) is 4.89. The minimum atomic E-state index is -0.480. The van der Waals surface area contributed by atoms with Crippen LogP contribution < -0.4 is 4.74 Å². The first-order valence-corrected chi connectivity index (χ1v) is 7.62. The first-order valence-electron chi connectivity index (χ1n) is 6.03. The summed E-state index contributed by atoms with van der Waals surface area (Å²) in [6.45, 7) is 3.93. The third-order valence-electron chi connectivity index (χ3n) is 2.56. The van der Waals surface area contributed by atoms with Gasteiger partial charge in [0.15, 0.2) is 5.75 Å². The zero-order valence-corrected chi connectivity index (χ0v) is 14.4. The molecule has 1 aromatic carbocycles. The van der Waals surface area contributed by atoms with Gasteiger partial charge in [0.2, 0.25) is 5.88 Å². The highest BCUT2D eigenvalue weighted by Gasteiger charge is 2.17. The van der Waals surface area contributed by atoms with Gasteiger partial charge in [0.25, 0.3) is 5.69 Å². The highest BCUT2D eigenvalue weighted by molar-refractivity contribution is 9.10. The van der Waals surface area contributed by atoms with E-state index < -0.39 is 4.92 Å². The van der Waals surface area contributed by atoms with E-state index in [4.69, 9.17) is 4.74 Å². The van der Waals surface area contributed by atoms with Crippen LogP contribution in [0.15, 0.2) is 33.3 Å². The van der Waals surface area contributed by atoms with Gasteiger partial charge in [0, 0.05) is 18.1 Å². The maximum Gasteiger partial charge on any atom is 0.287 e. The van der Waals surface area contributed by atoms with Gasteiger partial charge in [-0.05, 0) is 37.9 Å². The molecule has 110 valence electrons. The summed E-state index contributed by atoms with van der Waals surface area (Å²) in [5.74, 6) is 1.41. The van der Waals surface area contributed by atoms with Crippen molar-refractivity contribution in [3.8, 4) is 11.6 Å². The minimum Gasteiger partial charge on any atom is -0.437 e. The largest absolute Gasteiger partial charge is 0.437 e. The van der Waals surface area contributed by atoms with E-state index in [1.165, 1.54) is 6.07 Å². The van der Waals surface area contributed by atoms with Crippen LogP contribution in [0, 0.1) is 10.1 Å². The van der Waals surface area contributed by atoms with E-state index >= 15 is 0 Å². The molecule has 0 amide bonds. The SMILES string of the molecule is CC(C)c1nc(Br)cc(Oc2cccc([N+](=O)[O-])c2Br)n1. The molecule has 0 fully saturated rings. The Morgan fingerprint density at radius 1 is 1.29 bits per heavy atom. The fraction of sp³-hybridized carbons (Fsp3) is 0.231. The predicted octanol–water partition coefficient (Wildman–Crippen LogP) is 4.83. The zero-order valence-electron chi connectivity index (χ0n) is 11.2. The average Bonchev–Trinajstić information content (AvgIpc) is 2.40. The molecular weight excluding hydrogens is 406 g/mol. The van der Waals surface area contributed by atoms with E-state index in [0.29, 0.717) is 22.1 Å². The maximum atomic E-state index is 10.9. The molecule has 1 heterocycles. The topological polar surface area (TPSA) is 78.2 Å². The Morgan fingerprint density at radius 3 is 2.62 bits per heavy atom. The smallest absolute Gasteiger partial charge is 0.287 e. The lowest BCUT2D eigenvalue weighted by Gasteiger charge is -2.10. The number of nitro groups is 1. The van der Waals surface area contributed by atoms with Crippen molar-refractivity contribution in [2.45, 2.75) is 19.8 Å². The first-order chi connectivity index (χ1) is 9.88. The summed E-state index contributed by atoms with van der Waals surface area (Å²) < 4.78 is 6.51. The monoisotopic (exact) mass is 415 g/mol. The number of halogens is 2. The summed E-state index contributed by atoms with van der Waals surface area (Å²) in [6, 6.07) is 6.18. The van der Waals surface area contributed by atoms with Crippen LogP contribution in [-0.2, 0) is 0 Å². The molecule has 0 aliphatic heterocycles. The van der Waals surface area contributed by atoms with Gasteiger partial charge in [-0.1, -0.05) is 19.9 Å². The first kappa shape index (κ1) is 15.8.